The SMILES string of the molecule is Cc1ccc(-c2cncnc2[C@H](CC(=O)CC2=CCc3ccc(O)cc32)Cc2cc(F)cc(F)c2)cc1. The fourth-order valence-electron chi connectivity index (χ4n) is 5.01. The molecule has 5 rings (SSSR count). The van der Waals surface area contributed by atoms with Crippen LogP contribution < -0.4 is 0 Å². The second kappa shape index (κ2) is 10.4. The minimum absolute atomic E-state index is 0.0159. The van der Waals surface area contributed by atoms with Crippen LogP contribution in [0.25, 0.3) is 16.7 Å². The Hall–Kier alpha value is -4.19. The molecule has 0 amide bonds. The van der Waals surface area contributed by atoms with Crippen LogP contribution in [-0.2, 0) is 17.6 Å². The van der Waals surface area contributed by atoms with E-state index in [0.29, 0.717) is 17.7 Å². The van der Waals surface area contributed by atoms with E-state index in [1.54, 1.807) is 18.3 Å². The van der Waals surface area contributed by atoms with Gasteiger partial charge < -0.3 is 5.11 Å². The smallest absolute Gasteiger partial charge is 0.137 e. The van der Waals surface area contributed by atoms with Gasteiger partial charge in [0.05, 0.1) is 5.69 Å². The standard InChI is InChI=1S/C31H26F2N2O2/c1-19-2-4-22(5-3-19)30-17-34-18-35-31(30)24(10-20-11-25(32)15-26(33)12-20)14-28(37)13-23-7-6-21-8-9-27(36)16-29(21)23/h2-5,7-9,11-12,15-18,24,36H,6,10,13-14H2,1H3/t24-/m0/s1. The number of benzene rings is 3. The number of aryl methyl sites for hydroxylation is 1. The quantitative estimate of drug-likeness (QED) is 0.293. The molecule has 0 unspecified atom stereocenters. The number of carbonyl (C=O) groups is 1. The molecule has 0 radical (unpaired) electrons. The molecule has 0 saturated heterocycles. The first-order valence-electron chi connectivity index (χ1n) is 12.2. The van der Waals surface area contributed by atoms with E-state index in [1.807, 2.05) is 43.3 Å². The Morgan fingerprint density at radius 1 is 1.00 bits per heavy atom. The summed E-state index contributed by atoms with van der Waals surface area (Å²) in [6, 6.07) is 16.6. The molecule has 4 aromatic rings. The van der Waals surface area contributed by atoms with Crippen LogP contribution in [0.4, 0.5) is 8.78 Å². The number of phenolic OH excluding ortho intramolecular Hbond substituents is 1. The van der Waals surface area contributed by atoms with E-state index < -0.39 is 17.6 Å². The number of Topliss-reactive ketones (excluding diaryl/α,β-unsaturated/α-hetero) is 1. The Kier molecular flexibility index (Phi) is 6.91. The van der Waals surface area contributed by atoms with Gasteiger partial charge in [-0.25, -0.2) is 18.7 Å². The van der Waals surface area contributed by atoms with Crippen molar-refractivity contribution in [3.8, 4) is 16.9 Å². The average molecular weight is 497 g/mol. The second-order valence-electron chi connectivity index (χ2n) is 9.56. The van der Waals surface area contributed by atoms with Gasteiger partial charge in [-0.05, 0) is 71.9 Å². The summed E-state index contributed by atoms with van der Waals surface area (Å²) in [6.07, 6.45) is 6.47. The van der Waals surface area contributed by atoms with Gasteiger partial charge >= 0.3 is 0 Å². The number of phenols is 1. The van der Waals surface area contributed by atoms with Gasteiger partial charge in [0.1, 0.15) is 29.5 Å². The molecular formula is C31H26F2N2O2. The molecule has 1 aliphatic carbocycles. The molecule has 1 N–H and O–H groups in total. The summed E-state index contributed by atoms with van der Waals surface area (Å²) < 4.78 is 28.0. The first-order valence-corrected chi connectivity index (χ1v) is 12.2. The number of aromatic hydroxyl groups is 1. The van der Waals surface area contributed by atoms with Gasteiger partial charge in [0, 0.05) is 36.6 Å². The van der Waals surface area contributed by atoms with Crippen molar-refractivity contribution in [3.63, 3.8) is 0 Å². The maximum Gasteiger partial charge on any atom is 0.137 e. The maximum atomic E-state index is 14.0. The lowest BCUT2D eigenvalue weighted by molar-refractivity contribution is -0.118. The molecule has 1 aromatic heterocycles. The fraction of sp³-hybridized carbons (Fsp3) is 0.194. The zero-order valence-corrected chi connectivity index (χ0v) is 20.4. The fourth-order valence-corrected chi connectivity index (χ4v) is 5.01. The normalized spacial score (nSPS) is 13.2. The Balaban J connectivity index is 1.47. The highest BCUT2D eigenvalue weighted by Gasteiger charge is 2.25. The number of aromatic nitrogens is 2. The predicted octanol–water partition coefficient (Wildman–Crippen LogP) is 6.75. The van der Waals surface area contributed by atoms with Crippen LogP contribution in [0, 0.1) is 18.6 Å². The van der Waals surface area contributed by atoms with Crippen molar-refractivity contribution in [2.24, 2.45) is 0 Å². The van der Waals surface area contributed by atoms with E-state index >= 15 is 0 Å². The maximum absolute atomic E-state index is 14.0. The number of rotatable bonds is 8. The topological polar surface area (TPSA) is 63.1 Å². The van der Waals surface area contributed by atoms with Crippen LogP contribution in [0.15, 0.2) is 79.3 Å². The van der Waals surface area contributed by atoms with Crippen molar-refractivity contribution < 1.29 is 18.7 Å². The van der Waals surface area contributed by atoms with Gasteiger partial charge in [0.15, 0.2) is 0 Å². The van der Waals surface area contributed by atoms with Crippen LogP contribution >= 0.6 is 0 Å². The molecule has 0 bridgehead atoms. The van der Waals surface area contributed by atoms with E-state index in [1.165, 1.54) is 18.5 Å². The van der Waals surface area contributed by atoms with Crippen molar-refractivity contribution in [1.82, 2.24) is 9.97 Å². The first kappa shape index (κ1) is 24.5. The molecular weight excluding hydrogens is 470 g/mol. The molecule has 4 nitrogen and oxygen atoms in total. The minimum Gasteiger partial charge on any atom is -0.508 e. The lowest BCUT2D eigenvalue weighted by atomic mass is 9.86. The molecule has 6 heteroatoms. The third-order valence-electron chi connectivity index (χ3n) is 6.77. The van der Waals surface area contributed by atoms with Crippen LogP contribution in [0.3, 0.4) is 0 Å². The van der Waals surface area contributed by atoms with Gasteiger partial charge in [-0.2, -0.15) is 0 Å². The Bertz CT molecular complexity index is 1480. The molecule has 1 aliphatic rings. The van der Waals surface area contributed by atoms with Crippen molar-refractivity contribution in [1.29, 1.82) is 0 Å². The number of hydrogen-bond acceptors (Lipinski definition) is 4. The molecule has 1 heterocycles. The van der Waals surface area contributed by atoms with E-state index in [2.05, 4.69) is 9.97 Å². The van der Waals surface area contributed by atoms with Crippen molar-refractivity contribution in [3.05, 3.63) is 119 Å². The summed E-state index contributed by atoms with van der Waals surface area (Å²) in [4.78, 5) is 22.2. The van der Waals surface area contributed by atoms with Crippen LogP contribution in [0.1, 0.15) is 46.7 Å². The summed E-state index contributed by atoms with van der Waals surface area (Å²) in [5.41, 5.74) is 6.77. The summed E-state index contributed by atoms with van der Waals surface area (Å²) >= 11 is 0. The summed E-state index contributed by atoms with van der Waals surface area (Å²) in [5, 5.41) is 9.92. The average Bonchev–Trinajstić information content (AvgIpc) is 3.25. The molecule has 0 saturated carbocycles. The van der Waals surface area contributed by atoms with Gasteiger partial charge in [-0.1, -0.05) is 42.0 Å². The third kappa shape index (κ3) is 5.64. The van der Waals surface area contributed by atoms with Gasteiger partial charge in [-0.15, -0.1) is 0 Å². The summed E-state index contributed by atoms with van der Waals surface area (Å²) in [6.45, 7) is 2.00. The van der Waals surface area contributed by atoms with E-state index in [0.717, 1.165) is 39.5 Å². The molecule has 0 fully saturated rings. The van der Waals surface area contributed by atoms with Gasteiger partial charge in [0.25, 0.3) is 0 Å². The summed E-state index contributed by atoms with van der Waals surface area (Å²) in [5.74, 6) is -1.59. The Morgan fingerprint density at radius 3 is 2.51 bits per heavy atom. The molecule has 1 atom stereocenters. The predicted molar refractivity (Wildman–Crippen MR) is 139 cm³/mol. The summed E-state index contributed by atoms with van der Waals surface area (Å²) in [7, 11) is 0. The first-order chi connectivity index (χ1) is 17.9. The molecule has 0 aliphatic heterocycles. The third-order valence-corrected chi connectivity index (χ3v) is 6.77. The number of carbonyl (C=O) groups excluding carboxylic acids is 1. The van der Waals surface area contributed by atoms with Crippen molar-refractivity contribution in [2.45, 2.75) is 38.5 Å². The highest BCUT2D eigenvalue weighted by atomic mass is 19.1. The highest BCUT2D eigenvalue weighted by Crippen LogP contribution is 2.36. The zero-order valence-electron chi connectivity index (χ0n) is 20.4. The largest absolute Gasteiger partial charge is 0.508 e. The van der Waals surface area contributed by atoms with E-state index in [-0.39, 0.29) is 30.8 Å². The van der Waals surface area contributed by atoms with Crippen LogP contribution in [0.5, 0.6) is 5.75 Å². The second-order valence-corrected chi connectivity index (χ2v) is 9.56. The van der Waals surface area contributed by atoms with Crippen molar-refractivity contribution in [2.75, 3.05) is 0 Å². The number of allylic oxidation sites excluding steroid dienone is 2. The van der Waals surface area contributed by atoms with Crippen molar-refractivity contribution >= 4 is 11.4 Å². The molecule has 3 aromatic carbocycles. The zero-order chi connectivity index (χ0) is 25.9. The number of nitrogens with zero attached hydrogens (tertiary/aromatic N) is 2. The number of hydrogen-bond donors (Lipinski definition) is 1. The minimum atomic E-state index is -0.658. The van der Waals surface area contributed by atoms with Gasteiger partial charge in [-0.3, -0.25) is 4.79 Å². The monoisotopic (exact) mass is 496 g/mol. The van der Waals surface area contributed by atoms with E-state index in [9.17, 15) is 18.7 Å². The van der Waals surface area contributed by atoms with E-state index in [4.69, 9.17) is 0 Å². The number of halogens is 2. The molecule has 186 valence electrons. The number of ketones is 1. The molecule has 0 spiro atoms. The van der Waals surface area contributed by atoms with Crippen LogP contribution in [0.2, 0.25) is 0 Å². The van der Waals surface area contributed by atoms with Gasteiger partial charge in [0.2, 0.25) is 0 Å². The van der Waals surface area contributed by atoms with Crippen LogP contribution in [-0.4, -0.2) is 20.9 Å². The Morgan fingerprint density at radius 2 is 1.76 bits per heavy atom. The Labute approximate surface area is 214 Å². The lowest BCUT2D eigenvalue weighted by Crippen LogP contribution is -2.13. The number of fused-ring (bicyclic) bond motifs is 1. The lowest BCUT2D eigenvalue weighted by Gasteiger charge is -2.20. The highest BCUT2D eigenvalue weighted by molar-refractivity contribution is 5.92. The molecule has 37 heavy (non-hydrogen) atoms.